The van der Waals surface area contributed by atoms with Crippen LogP contribution in [0.5, 0.6) is 0 Å². The third-order valence-corrected chi connectivity index (χ3v) is 4.69. The minimum Gasteiger partial charge on any atom is -0.466 e. The summed E-state index contributed by atoms with van der Waals surface area (Å²) in [5, 5.41) is 13.0. The lowest BCUT2D eigenvalue weighted by atomic mass is 9.99. The van der Waals surface area contributed by atoms with Crippen LogP contribution in [0.4, 0.5) is 0 Å². The van der Waals surface area contributed by atoms with Gasteiger partial charge in [0.2, 0.25) is 11.7 Å². The molecule has 0 spiro atoms. The van der Waals surface area contributed by atoms with E-state index in [1.807, 2.05) is 12.1 Å². The van der Waals surface area contributed by atoms with Crippen LogP contribution in [0.15, 0.2) is 33.8 Å². The molecule has 9 nitrogen and oxygen atoms in total. The second kappa shape index (κ2) is 9.60. The van der Waals surface area contributed by atoms with Gasteiger partial charge in [-0.3, -0.25) is 14.6 Å². The Morgan fingerprint density at radius 2 is 2.17 bits per heavy atom. The Balaban J connectivity index is 1.45. The first-order valence-corrected chi connectivity index (χ1v) is 9.50. The highest BCUT2D eigenvalue weighted by molar-refractivity contribution is 5.69. The van der Waals surface area contributed by atoms with Gasteiger partial charge in [-0.25, -0.2) is 0 Å². The summed E-state index contributed by atoms with van der Waals surface area (Å²) in [7, 11) is 0. The van der Waals surface area contributed by atoms with Crippen molar-refractivity contribution in [2.24, 2.45) is 0 Å². The number of hydrogen-bond acceptors (Lipinski definition) is 8. The number of aromatic amines is 1. The molecular formula is C21H21N5O4. The third kappa shape index (κ3) is 4.97. The number of rotatable bonds is 8. The van der Waals surface area contributed by atoms with E-state index < -0.39 is 5.56 Å². The Morgan fingerprint density at radius 1 is 1.33 bits per heavy atom. The van der Waals surface area contributed by atoms with Crippen molar-refractivity contribution < 1.29 is 14.1 Å². The van der Waals surface area contributed by atoms with Crippen LogP contribution in [0.1, 0.15) is 41.1 Å². The van der Waals surface area contributed by atoms with Gasteiger partial charge in [0, 0.05) is 36.5 Å². The number of carbonyl (C=O) groups is 1. The Labute approximate surface area is 172 Å². The number of ether oxygens (including phenoxy) is 1. The van der Waals surface area contributed by atoms with E-state index in [9.17, 15) is 9.59 Å². The molecule has 0 amide bonds. The molecule has 0 unspecified atom stereocenters. The van der Waals surface area contributed by atoms with Crippen LogP contribution in [-0.4, -0.2) is 32.7 Å². The second-order valence-electron chi connectivity index (χ2n) is 6.75. The Hall–Kier alpha value is -3.80. The molecule has 30 heavy (non-hydrogen) atoms. The molecule has 0 aromatic carbocycles. The molecule has 0 aliphatic rings. The van der Waals surface area contributed by atoms with E-state index in [2.05, 4.69) is 20.1 Å². The first kappa shape index (κ1) is 20.9. The van der Waals surface area contributed by atoms with Gasteiger partial charge < -0.3 is 14.2 Å². The molecule has 154 valence electrons. The van der Waals surface area contributed by atoms with Crippen LogP contribution in [-0.2, 0) is 22.4 Å². The number of esters is 1. The number of nitriles is 1. The first-order chi connectivity index (χ1) is 14.5. The Kier molecular flexibility index (Phi) is 6.70. The van der Waals surface area contributed by atoms with Gasteiger partial charge in [0.15, 0.2) is 0 Å². The van der Waals surface area contributed by atoms with E-state index in [4.69, 9.17) is 14.5 Å². The molecule has 0 atom stereocenters. The van der Waals surface area contributed by atoms with Crippen LogP contribution < -0.4 is 5.56 Å². The number of nitrogens with zero attached hydrogens (tertiary/aromatic N) is 4. The fourth-order valence-corrected chi connectivity index (χ4v) is 3.10. The quantitative estimate of drug-likeness (QED) is 0.444. The van der Waals surface area contributed by atoms with Crippen molar-refractivity contribution in [1.29, 1.82) is 5.26 Å². The van der Waals surface area contributed by atoms with Crippen molar-refractivity contribution in [3.8, 4) is 17.5 Å². The van der Waals surface area contributed by atoms with Crippen LogP contribution in [0.3, 0.4) is 0 Å². The average molecular weight is 407 g/mol. The second-order valence-corrected chi connectivity index (χ2v) is 6.75. The van der Waals surface area contributed by atoms with Crippen molar-refractivity contribution in [2.45, 2.75) is 39.5 Å². The molecule has 3 rings (SSSR count). The molecule has 9 heteroatoms. The molecule has 0 fully saturated rings. The summed E-state index contributed by atoms with van der Waals surface area (Å²) in [6.45, 7) is 3.70. The summed E-state index contributed by atoms with van der Waals surface area (Å²) in [5.41, 5.74) is 2.49. The van der Waals surface area contributed by atoms with Gasteiger partial charge in [0.25, 0.3) is 5.56 Å². The number of aromatic nitrogens is 4. The maximum atomic E-state index is 12.0. The smallest absolute Gasteiger partial charge is 0.306 e. The minimum absolute atomic E-state index is 0.0779. The number of H-pyrrole nitrogens is 1. The lowest BCUT2D eigenvalue weighted by Gasteiger charge is -2.10. The molecule has 0 aliphatic heterocycles. The predicted molar refractivity (Wildman–Crippen MR) is 106 cm³/mol. The zero-order valence-electron chi connectivity index (χ0n) is 16.8. The molecule has 0 saturated carbocycles. The van der Waals surface area contributed by atoms with Crippen LogP contribution in [0, 0.1) is 25.2 Å². The fourth-order valence-electron chi connectivity index (χ4n) is 3.10. The fraction of sp³-hybridized carbons (Fsp3) is 0.333. The highest BCUT2D eigenvalue weighted by Crippen LogP contribution is 2.16. The van der Waals surface area contributed by atoms with Gasteiger partial charge in [0.1, 0.15) is 11.6 Å². The highest BCUT2D eigenvalue weighted by Gasteiger charge is 2.14. The van der Waals surface area contributed by atoms with Crippen LogP contribution in [0.2, 0.25) is 0 Å². The summed E-state index contributed by atoms with van der Waals surface area (Å²) in [4.78, 5) is 34.8. The standard InChI is InChI=1S/C21H21N5O4/c1-13-16(14(2)24-21(28)17(13)11-22)7-8-19(27)29-10-4-6-18-25-20(26-30-18)15-5-3-9-23-12-15/h3,5,9,12H,4,6-8,10H2,1-2H3,(H,24,28). The van der Waals surface area contributed by atoms with Crippen molar-refractivity contribution in [2.75, 3.05) is 6.61 Å². The van der Waals surface area contributed by atoms with Crippen molar-refractivity contribution in [3.63, 3.8) is 0 Å². The molecule has 0 saturated heterocycles. The summed E-state index contributed by atoms with van der Waals surface area (Å²) >= 11 is 0. The van der Waals surface area contributed by atoms with Gasteiger partial charge in [-0.05, 0) is 49.9 Å². The lowest BCUT2D eigenvalue weighted by molar-refractivity contribution is -0.143. The van der Waals surface area contributed by atoms with E-state index in [0.717, 1.165) is 11.1 Å². The van der Waals surface area contributed by atoms with Gasteiger partial charge in [-0.2, -0.15) is 10.2 Å². The highest BCUT2D eigenvalue weighted by atomic mass is 16.5. The van der Waals surface area contributed by atoms with Gasteiger partial charge in [0.05, 0.1) is 6.61 Å². The van der Waals surface area contributed by atoms with E-state index in [1.54, 1.807) is 32.3 Å². The third-order valence-electron chi connectivity index (χ3n) is 4.69. The van der Waals surface area contributed by atoms with Crippen molar-refractivity contribution in [1.82, 2.24) is 20.1 Å². The van der Waals surface area contributed by atoms with Gasteiger partial charge >= 0.3 is 5.97 Å². The average Bonchev–Trinajstić information content (AvgIpc) is 3.21. The van der Waals surface area contributed by atoms with Crippen LogP contribution >= 0.6 is 0 Å². The van der Waals surface area contributed by atoms with E-state index >= 15 is 0 Å². The van der Waals surface area contributed by atoms with Crippen LogP contribution in [0.25, 0.3) is 11.4 Å². The summed E-state index contributed by atoms with van der Waals surface area (Å²) < 4.78 is 10.5. The summed E-state index contributed by atoms with van der Waals surface area (Å²) in [6.07, 6.45) is 4.91. The topological polar surface area (TPSA) is 135 Å². The van der Waals surface area contributed by atoms with Crippen molar-refractivity contribution in [3.05, 3.63) is 63.2 Å². The largest absolute Gasteiger partial charge is 0.466 e. The zero-order chi connectivity index (χ0) is 21.5. The molecule has 0 aliphatic carbocycles. The normalized spacial score (nSPS) is 10.6. The summed E-state index contributed by atoms with van der Waals surface area (Å²) in [6, 6.07) is 5.54. The molecular weight excluding hydrogens is 386 g/mol. The number of hydrogen-bond donors (Lipinski definition) is 1. The molecule has 0 radical (unpaired) electrons. The molecule has 3 aromatic rings. The molecule has 3 aromatic heterocycles. The number of nitrogens with one attached hydrogen (secondary N) is 1. The molecule has 1 N–H and O–H groups in total. The van der Waals surface area contributed by atoms with Gasteiger partial charge in [-0.1, -0.05) is 5.16 Å². The monoisotopic (exact) mass is 407 g/mol. The maximum Gasteiger partial charge on any atom is 0.306 e. The zero-order valence-corrected chi connectivity index (χ0v) is 16.8. The molecule has 0 bridgehead atoms. The Bertz CT molecular complexity index is 1130. The Morgan fingerprint density at radius 3 is 2.90 bits per heavy atom. The predicted octanol–water partition coefficient (Wildman–Crippen LogP) is 2.42. The van der Waals surface area contributed by atoms with E-state index in [1.165, 1.54) is 0 Å². The summed E-state index contributed by atoms with van der Waals surface area (Å²) in [5.74, 6) is 0.590. The number of carbonyl (C=O) groups excluding carboxylic acids is 1. The molecule has 3 heterocycles. The SMILES string of the molecule is Cc1[nH]c(=O)c(C#N)c(C)c1CCC(=O)OCCCc1nc(-c2cccnc2)no1. The number of aryl methyl sites for hydroxylation is 2. The minimum atomic E-state index is -0.411. The lowest BCUT2D eigenvalue weighted by Crippen LogP contribution is -2.17. The van der Waals surface area contributed by atoms with E-state index in [0.29, 0.717) is 42.2 Å². The number of pyridine rings is 2. The van der Waals surface area contributed by atoms with E-state index in [-0.39, 0.29) is 24.6 Å². The maximum absolute atomic E-state index is 12.0. The van der Waals surface area contributed by atoms with Crippen molar-refractivity contribution >= 4 is 5.97 Å². The first-order valence-electron chi connectivity index (χ1n) is 9.50. The van der Waals surface area contributed by atoms with Gasteiger partial charge in [-0.15, -0.1) is 0 Å².